The van der Waals surface area contributed by atoms with E-state index in [4.69, 9.17) is 4.74 Å². The summed E-state index contributed by atoms with van der Waals surface area (Å²) in [5.41, 5.74) is 2.48. The second kappa shape index (κ2) is 8.11. The molecule has 1 aromatic heterocycles. The van der Waals surface area contributed by atoms with Crippen LogP contribution in [0.25, 0.3) is 0 Å². The number of carbonyl (C=O) groups is 2. The Morgan fingerprint density at radius 1 is 1.21 bits per heavy atom. The maximum Gasteiger partial charge on any atom is 0.306 e. The summed E-state index contributed by atoms with van der Waals surface area (Å²) < 4.78 is 5.09. The predicted octanol–water partition coefficient (Wildman–Crippen LogP) is 3.42. The standard InChI is InChI=1S/C19H21NO3S/c21-18(13-23-19(22)11-10-15-7-4-12-24-15)20-17-9-3-6-14-5-1-2-8-16(14)17/h1-2,4-5,7-8,12,17H,3,6,9-11,13H2,(H,20,21)/t17-/m0/s1. The Hall–Kier alpha value is -2.14. The van der Waals surface area contributed by atoms with Crippen LogP contribution in [0.1, 0.15) is 41.3 Å². The van der Waals surface area contributed by atoms with Gasteiger partial charge in [0, 0.05) is 4.88 Å². The number of hydrogen-bond acceptors (Lipinski definition) is 4. The first-order chi connectivity index (χ1) is 11.7. The van der Waals surface area contributed by atoms with Crippen molar-refractivity contribution in [1.82, 2.24) is 5.32 Å². The molecule has 0 radical (unpaired) electrons. The van der Waals surface area contributed by atoms with Gasteiger partial charge in [0.15, 0.2) is 6.61 Å². The lowest BCUT2D eigenvalue weighted by Gasteiger charge is -2.26. The van der Waals surface area contributed by atoms with E-state index in [9.17, 15) is 9.59 Å². The number of nitrogens with one attached hydrogen (secondary N) is 1. The molecule has 1 N–H and O–H groups in total. The number of thiophene rings is 1. The van der Waals surface area contributed by atoms with Crippen molar-refractivity contribution in [3.63, 3.8) is 0 Å². The van der Waals surface area contributed by atoms with Crippen LogP contribution in [0, 0.1) is 0 Å². The molecule has 0 fully saturated rings. The van der Waals surface area contributed by atoms with Gasteiger partial charge in [-0.15, -0.1) is 11.3 Å². The minimum absolute atomic E-state index is 0.0206. The van der Waals surface area contributed by atoms with E-state index < -0.39 is 0 Å². The Bertz CT molecular complexity index is 696. The van der Waals surface area contributed by atoms with E-state index in [0.29, 0.717) is 12.8 Å². The lowest BCUT2D eigenvalue weighted by atomic mass is 9.88. The maximum absolute atomic E-state index is 12.1. The minimum Gasteiger partial charge on any atom is -0.456 e. The smallest absolute Gasteiger partial charge is 0.306 e. The maximum atomic E-state index is 12.1. The van der Waals surface area contributed by atoms with E-state index in [1.165, 1.54) is 11.1 Å². The van der Waals surface area contributed by atoms with Crippen molar-refractivity contribution >= 4 is 23.2 Å². The van der Waals surface area contributed by atoms with Crippen molar-refractivity contribution in [2.75, 3.05) is 6.61 Å². The number of benzene rings is 1. The van der Waals surface area contributed by atoms with Gasteiger partial charge in [-0.3, -0.25) is 9.59 Å². The fourth-order valence-corrected chi connectivity index (χ4v) is 3.75. The highest BCUT2D eigenvalue weighted by Gasteiger charge is 2.21. The first-order valence-corrected chi connectivity index (χ1v) is 9.15. The van der Waals surface area contributed by atoms with Crippen molar-refractivity contribution in [3.05, 3.63) is 57.8 Å². The van der Waals surface area contributed by atoms with Gasteiger partial charge >= 0.3 is 5.97 Å². The van der Waals surface area contributed by atoms with Crippen molar-refractivity contribution < 1.29 is 14.3 Å². The second-order valence-electron chi connectivity index (χ2n) is 5.95. The molecular formula is C19H21NO3S. The zero-order chi connectivity index (χ0) is 16.8. The Labute approximate surface area is 145 Å². The second-order valence-corrected chi connectivity index (χ2v) is 6.98. The van der Waals surface area contributed by atoms with Gasteiger partial charge in [0.1, 0.15) is 0 Å². The zero-order valence-corrected chi connectivity index (χ0v) is 14.3. The first kappa shape index (κ1) is 16.7. The Balaban J connectivity index is 1.44. The largest absolute Gasteiger partial charge is 0.456 e. The number of aryl methyl sites for hydroxylation is 2. The number of amides is 1. The molecule has 1 aliphatic rings. The number of hydrogen-bond donors (Lipinski definition) is 1. The third-order valence-electron chi connectivity index (χ3n) is 4.22. The zero-order valence-electron chi connectivity index (χ0n) is 13.5. The molecule has 5 heteroatoms. The molecule has 0 saturated carbocycles. The highest BCUT2D eigenvalue weighted by atomic mass is 32.1. The summed E-state index contributed by atoms with van der Waals surface area (Å²) in [6, 6.07) is 12.2. The number of ether oxygens (including phenoxy) is 1. The third kappa shape index (κ3) is 4.45. The molecule has 0 bridgehead atoms. The van der Waals surface area contributed by atoms with Crippen LogP contribution in [-0.4, -0.2) is 18.5 Å². The molecule has 0 unspecified atom stereocenters. The molecule has 1 amide bonds. The number of esters is 1. The number of rotatable bonds is 6. The molecule has 0 spiro atoms. The Morgan fingerprint density at radius 2 is 2.08 bits per heavy atom. The molecular weight excluding hydrogens is 322 g/mol. The molecule has 1 aliphatic carbocycles. The molecule has 0 aliphatic heterocycles. The van der Waals surface area contributed by atoms with E-state index in [1.807, 2.05) is 29.6 Å². The Morgan fingerprint density at radius 3 is 2.92 bits per heavy atom. The van der Waals surface area contributed by atoms with Crippen LogP contribution in [0.5, 0.6) is 0 Å². The molecule has 1 atom stereocenters. The topological polar surface area (TPSA) is 55.4 Å². The third-order valence-corrected chi connectivity index (χ3v) is 5.16. The summed E-state index contributed by atoms with van der Waals surface area (Å²) in [5, 5.41) is 4.97. The van der Waals surface area contributed by atoms with Gasteiger partial charge in [0.05, 0.1) is 12.5 Å². The summed E-state index contributed by atoms with van der Waals surface area (Å²) in [4.78, 5) is 25.0. The summed E-state index contributed by atoms with van der Waals surface area (Å²) in [6.45, 7) is -0.206. The predicted molar refractivity (Wildman–Crippen MR) is 93.9 cm³/mol. The average molecular weight is 343 g/mol. The molecule has 2 aromatic rings. The minimum atomic E-state index is -0.331. The SMILES string of the molecule is O=C(COC(=O)CCc1cccs1)N[C@H]1CCCc2ccccc21. The van der Waals surface area contributed by atoms with Crippen molar-refractivity contribution in [1.29, 1.82) is 0 Å². The van der Waals surface area contributed by atoms with Gasteiger partial charge in [-0.25, -0.2) is 0 Å². The van der Waals surface area contributed by atoms with Gasteiger partial charge in [-0.2, -0.15) is 0 Å². The number of carbonyl (C=O) groups excluding carboxylic acids is 2. The molecule has 4 nitrogen and oxygen atoms in total. The summed E-state index contributed by atoms with van der Waals surface area (Å²) >= 11 is 1.62. The van der Waals surface area contributed by atoms with E-state index in [-0.39, 0.29) is 24.5 Å². The first-order valence-electron chi connectivity index (χ1n) is 8.27. The fraction of sp³-hybridized carbons (Fsp3) is 0.368. The quantitative estimate of drug-likeness (QED) is 0.818. The van der Waals surface area contributed by atoms with Crippen LogP contribution in [0.15, 0.2) is 41.8 Å². The van der Waals surface area contributed by atoms with Gasteiger partial charge in [-0.1, -0.05) is 30.3 Å². The monoisotopic (exact) mass is 343 g/mol. The van der Waals surface area contributed by atoms with Crippen LogP contribution < -0.4 is 5.32 Å². The summed E-state index contributed by atoms with van der Waals surface area (Å²) in [5.74, 6) is -0.566. The van der Waals surface area contributed by atoms with E-state index in [0.717, 1.165) is 24.1 Å². The van der Waals surface area contributed by atoms with Crippen LogP contribution in [0.2, 0.25) is 0 Å². The Kier molecular flexibility index (Phi) is 5.64. The van der Waals surface area contributed by atoms with Crippen LogP contribution >= 0.6 is 11.3 Å². The average Bonchev–Trinajstić information content (AvgIpc) is 3.12. The van der Waals surface area contributed by atoms with E-state index >= 15 is 0 Å². The lowest BCUT2D eigenvalue weighted by Crippen LogP contribution is -2.34. The molecule has 1 aromatic carbocycles. The van der Waals surface area contributed by atoms with Gasteiger partial charge < -0.3 is 10.1 Å². The van der Waals surface area contributed by atoms with Crippen molar-refractivity contribution in [2.45, 2.75) is 38.1 Å². The molecule has 126 valence electrons. The normalized spacial score (nSPS) is 16.2. The van der Waals surface area contributed by atoms with Crippen molar-refractivity contribution in [3.8, 4) is 0 Å². The van der Waals surface area contributed by atoms with Gasteiger partial charge in [0.25, 0.3) is 5.91 Å². The molecule has 1 heterocycles. The summed E-state index contributed by atoms with van der Waals surface area (Å²) in [6.07, 6.45) is 4.01. The van der Waals surface area contributed by atoms with Gasteiger partial charge in [0.2, 0.25) is 0 Å². The lowest BCUT2D eigenvalue weighted by molar-refractivity contribution is -0.148. The molecule has 3 rings (SSSR count). The molecule has 0 saturated heterocycles. The molecule has 24 heavy (non-hydrogen) atoms. The number of fused-ring (bicyclic) bond motifs is 1. The van der Waals surface area contributed by atoms with Crippen LogP contribution in [-0.2, 0) is 27.2 Å². The van der Waals surface area contributed by atoms with E-state index in [2.05, 4.69) is 17.4 Å². The van der Waals surface area contributed by atoms with E-state index in [1.54, 1.807) is 11.3 Å². The highest BCUT2D eigenvalue weighted by Crippen LogP contribution is 2.29. The fourth-order valence-electron chi connectivity index (χ4n) is 3.04. The summed E-state index contributed by atoms with van der Waals surface area (Å²) in [7, 11) is 0. The van der Waals surface area contributed by atoms with Crippen molar-refractivity contribution in [2.24, 2.45) is 0 Å². The highest BCUT2D eigenvalue weighted by molar-refractivity contribution is 7.09. The van der Waals surface area contributed by atoms with Crippen LogP contribution in [0.4, 0.5) is 0 Å². The van der Waals surface area contributed by atoms with Crippen LogP contribution in [0.3, 0.4) is 0 Å². The van der Waals surface area contributed by atoms with Gasteiger partial charge in [-0.05, 0) is 48.3 Å².